The average molecular weight is 366 g/mol. The van der Waals surface area contributed by atoms with E-state index in [1.807, 2.05) is 37.3 Å². The summed E-state index contributed by atoms with van der Waals surface area (Å²) in [5.74, 6) is 8.11. The van der Waals surface area contributed by atoms with Crippen LogP contribution in [-0.4, -0.2) is 29.5 Å². The maximum atomic E-state index is 6.13. The summed E-state index contributed by atoms with van der Waals surface area (Å²) in [6, 6.07) is 9.57. The van der Waals surface area contributed by atoms with E-state index in [0.29, 0.717) is 0 Å². The predicted molar refractivity (Wildman–Crippen MR) is 110 cm³/mol. The van der Waals surface area contributed by atoms with Gasteiger partial charge in [-0.2, -0.15) is 0 Å². The second-order valence-corrected chi connectivity index (χ2v) is 7.08. The van der Waals surface area contributed by atoms with Gasteiger partial charge in [-0.3, -0.25) is 9.88 Å². The van der Waals surface area contributed by atoms with E-state index in [0.717, 1.165) is 57.5 Å². The Balaban J connectivity index is 1.86. The molecule has 0 saturated heterocycles. The highest BCUT2D eigenvalue weighted by molar-refractivity contribution is 7.19. The number of fused-ring (bicyclic) bond motifs is 1. The zero-order valence-corrected chi connectivity index (χ0v) is 16.2. The first-order chi connectivity index (χ1) is 12.6. The van der Waals surface area contributed by atoms with Crippen LogP contribution in [-0.2, 0) is 0 Å². The molecular formula is C21H23N3OS. The Labute approximate surface area is 158 Å². The number of aromatic nitrogens is 1. The third-order valence-electron chi connectivity index (χ3n) is 4.20. The van der Waals surface area contributed by atoms with Crippen molar-refractivity contribution in [2.75, 3.05) is 25.4 Å². The number of pyridine rings is 1. The summed E-state index contributed by atoms with van der Waals surface area (Å²) in [5.41, 5.74) is 8.47. The Morgan fingerprint density at radius 3 is 2.69 bits per heavy atom. The van der Waals surface area contributed by atoms with Gasteiger partial charge in [-0.1, -0.05) is 25.7 Å². The molecule has 0 amide bonds. The van der Waals surface area contributed by atoms with Crippen LogP contribution in [0.15, 0.2) is 36.5 Å². The van der Waals surface area contributed by atoms with E-state index in [-0.39, 0.29) is 0 Å². The highest BCUT2D eigenvalue weighted by Crippen LogP contribution is 2.35. The van der Waals surface area contributed by atoms with E-state index >= 15 is 0 Å². The van der Waals surface area contributed by atoms with Crippen LogP contribution in [0.4, 0.5) is 5.69 Å². The number of benzene rings is 1. The number of aryl methyl sites for hydroxylation is 1. The normalized spacial score (nSPS) is 10.8. The monoisotopic (exact) mass is 365 g/mol. The Hall–Kier alpha value is -2.55. The number of thiophene rings is 1. The topological polar surface area (TPSA) is 51.4 Å². The van der Waals surface area contributed by atoms with Gasteiger partial charge in [0.25, 0.3) is 0 Å². The van der Waals surface area contributed by atoms with Crippen molar-refractivity contribution in [3.8, 4) is 23.3 Å². The van der Waals surface area contributed by atoms with E-state index < -0.39 is 0 Å². The van der Waals surface area contributed by atoms with Crippen LogP contribution in [0.3, 0.4) is 0 Å². The van der Waals surface area contributed by atoms with E-state index in [2.05, 4.69) is 35.6 Å². The maximum absolute atomic E-state index is 6.13. The first-order valence-corrected chi connectivity index (χ1v) is 9.56. The second kappa shape index (κ2) is 8.22. The summed E-state index contributed by atoms with van der Waals surface area (Å²) in [7, 11) is 0. The molecule has 4 nitrogen and oxygen atoms in total. The molecule has 2 N–H and O–H groups in total. The van der Waals surface area contributed by atoms with Crippen LogP contribution in [0.25, 0.3) is 10.2 Å². The van der Waals surface area contributed by atoms with Gasteiger partial charge in [-0.05, 0) is 49.8 Å². The molecule has 0 aliphatic heterocycles. The number of nitrogen functional groups attached to an aromatic ring is 1. The molecule has 2 heterocycles. The molecule has 0 bridgehead atoms. The zero-order chi connectivity index (χ0) is 18.5. The lowest BCUT2D eigenvalue weighted by Gasteiger charge is -2.12. The summed E-state index contributed by atoms with van der Waals surface area (Å²) in [6.07, 6.45) is 1.77. The lowest BCUT2D eigenvalue weighted by molar-refractivity contribution is 0.342. The van der Waals surface area contributed by atoms with Gasteiger partial charge < -0.3 is 10.5 Å². The molecule has 134 valence electrons. The first kappa shape index (κ1) is 18.2. The summed E-state index contributed by atoms with van der Waals surface area (Å²) in [5, 5.41) is 0. The highest BCUT2D eigenvalue weighted by Gasteiger charge is 2.10. The molecule has 3 rings (SSSR count). The van der Waals surface area contributed by atoms with Gasteiger partial charge in [0.1, 0.15) is 11.5 Å². The fraction of sp³-hybridized carbons (Fsp3) is 0.286. The van der Waals surface area contributed by atoms with Crippen molar-refractivity contribution < 1.29 is 4.74 Å². The SMILES string of the molecule is CCN(CC)CC#Cc1cc2nccc(Oc3ccc(N)cc3C)c2s1. The fourth-order valence-electron chi connectivity index (χ4n) is 2.65. The fourth-order valence-corrected chi connectivity index (χ4v) is 3.59. The molecule has 0 aliphatic carbocycles. The molecule has 1 aromatic carbocycles. The smallest absolute Gasteiger partial charge is 0.148 e. The third-order valence-corrected chi connectivity index (χ3v) is 5.26. The minimum absolute atomic E-state index is 0.733. The van der Waals surface area contributed by atoms with Gasteiger partial charge >= 0.3 is 0 Å². The lowest BCUT2D eigenvalue weighted by Crippen LogP contribution is -2.22. The van der Waals surface area contributed by atoms with Gasteiger partial charge in [0.05, 0.1) is 21.6 Å². The standard InChI is InChI=1S/C21H23N3OS/c1-4-24(5-2)12-6-7-17-14-18-21(26-17)20(10-11-23-18)25-19-9-8-16(22)13-15(19)3/h8-11,13-14H,4-5,12,22H2,1-3H3. The van der Waals surface area contributed by atoms with Crippen LogP contribution < -0.4 is 10.5 Å². The Morgan fingerprint density at radius 2 is 1.96 bits per heavy atom. The minimum Gasteiger partial charge on any atom is -0.455 e. The summed E-state index contributed by atoms with van der Waals surface area (Å²) < 4.78 is 7.14. The van der Waals surface area contributed by atoms with Crippen molar-refractivity contribution in [2.24, 2.45) is 0 Å². The van der Waals surface area contributed by atoms with Gasteiger partial charge in [-0.25, -0.2) is 0 Å². The van der Waals surface area contributed by atoms with Crippen molar-refractivity contribution in [3.63, 3.8) is 0 Å². The highest BCUT2D eigenvalue weighted by atomic mass is 32.1. The van der Waals surface area contributed by atoms with Crippen LogP contribution in [0.2, 0.25) is 0 Å². The zero-order valence-electron chi connectivity index (χ0n) is 15.4. The molecule has 0 spiro atoms. The van der Waals surface area contributed by atoms with Crippen molar-refractivity contribution >= 4 is 27.2 Å². The Bertz CT molecular complexity index is 964. The van der Waals surface area contributed by atoms with Crippen molar-refractivity contribution in [2.45, 2.75) is 20.8 Å². The van der Waals surface area contributed by atoms with Gasteiger partial charge in [0.2, 0.25) is 0 Å². The van der Waals surface area contributed by atoms with E-state index in [1.165, 1.54) is 0 Å². The van der Waals surface area contributed by atoms with Crippen LogP contribution in [0.5, 0.6) is 11.5 Å². The first-order valence-electron chi connectivity index (χ1n) is 8.74. The summed E-state index contributed by atoms with van der Waals surface area (Å²) >= 11 is 1.61. The molecule has 3 aromatic rings. The number of anilines is 1. The molecule has 5 heteroatoms. The van der Waals surface area contributed by atoms with Crippen LogP contribution in [0, 0.1) is 18.8 Å². The molecule has 0 radical (unpaired) electrons. The Kier molecular flexibility index (Phi) is 5.77. The number of hydrogen-bond acceptors (Lipinski definition) is 5. The van der Waals surface area contributed by atoms with Crippen molar-refractivity contribution in [3.05, 3.63) is 47.0 Å². The molecule has 0 atom stereocenters. The number of rotatable bonds is 5. The molecule has 26 heavy (non-hydrogen) atoms. The van der Waals surface area contributed by atoms with Crippen LogP contribution >= 0.6 is 11.3 Å². The summed E-state index contributed by atoms with van der Waals surface area (Å²) in [4.78, 5) is 7.74. The molecule has 0 fully saturated rings. The maximum Gasteiger partial charge on any atom is 0.148 e. The molecule has 0 unspecified atom stereocenters. The second-order valence-electron chi connectivity index (χ2n) is 6.02. The van der Waals surface area contributed by atoms with E-state index in [1.54, 1.807) is 17.5 Å². The van der Waals surface area contributed by atoms with Crippen molar-refractivity contribution in [1.82, 2.24) is 9.88 Å². The number of hydrogen-bond donors (Lipinski definition) is 1. The van der Waals surface area contributed by atoms with Gasteiger partial charge in [-0.15, -0.1) is 11.3 Å². The third kappa shape index (κ3) is 4.16. The predicted octanol–water partition coefficient (Wildman–Crippen LogP) is 4.67. The summed E-state index contributed by atoms with van der Waals surface area (Å²) in [6.45, 7) is 9.09. The minimum atomic E-state index is 0.733. The number of nitrogens with zero attached hydrogens (tertiary/aromatic N) is 2. The van der Waals surface area contributed by atoms with Gasteiger partial charge in [0, 0.05) is 18.0 Å². The number of ether oxygens (including phenoxy) is 1. The molecule has 2 aromatic heterocycles. The molecule has 0 aliphatic rings. The molecular weight excluding hydrogens is 342 g/mol. The lowest BCUT2D eigenvalue weighted by atomic mass is 10.2. The number of nitrogens with two attached hydrogens (primary N) is 1. The van der Waals surface area contributed by atoms with E-state index in [4.69, 9.17) is 10.5 Å². The average Bonchev–Trinajstić information content (AvgIpc) is 3.05. The largest absolute Gasteiger partial charge is 0.455 e. The Morgan fingerprint density at radius 1 is 1.15 bits per heavy atom. The van der Waals surface area contributed by atoms with E-state index in [9.17, 15) is 0 Å². The quantitative estimate of drug-likeness (QED) is 0.527. The molecule has 0 saturated carbocycles. The van der Waals surface area contributed by atoms with Gasteiger partial charge in [0.15, 0.2) is 0 Å². The van der Waals surface area contributed by atoms with Crippen LogP contribution in [0.1, 0.15) is 24.3 Å². The van der Waals surface area contributed by atoms with Crippen molar-refractivity contribution in [1.29, 1.82) is 0 Å².